The predicted molar refractivity (Wildman–Crippen MR) is 64.0 cm³/mol. The maximum Gasteiger partial charge on any atom is 0.231 e. The first kappa shape index (κ1) is 11.3. The van der Waals surface area contributed by atoms with E-state index in [0.29, 0.717) is 12.7 Å². The molecule has 0 saturated heterocycles. The van der Waals surface area contributed by atoms with E-state index in [1.165, 1.54) is 11.1 Å². The normalized spacial score (nSPS) is 15.6. The van der Waals surface area contributed by atoms with E-state index >= 15 is 0 Å². The molecule has 1 atom stereocenters. The van der Waals surface area contributed by atoms with Crippen molar-refractivity contribution in [3.63, 3.8) is 0 Å². The highest BCUT2D eigenvalue weighted by molar-refractivity contribution is 5.49. The van der Waals surface area contributed by atoms with Gasteiger partial charge in [-0.1, -0.05) is 13.8 Å². The summed E-state index contributed by atoms with van der Waals surface area (Å²) >= 11 is 0. The number of ether oxygens (including phenoxy) is 2. The first-order valence-corrected chi connectivity index (χ1v) is 5.76. The van der Waals surface area contributed by atoms with E-state index in [4.69, 9.17) is 15.2 Å². The lowest BCUT2D eigenvalue weighted by atomic mass is 9.93. The molecule has 1 aliphatic heterocycles. The molecule has 1 unspecified atom stereocenters. The molecule has 0 aromatic heterocycles. The summed E-state index contributed by atoms with van der Waals surface area (Å²) in [6.45, 7) is 6.72. The van der Waals surface area contributed by atoms with Gasteiger partial charge in [0.25, 0.3) is 0 Å². The van der Waals surface area contributed by atoms with Gasteiger partial charge in [0.1, 0.15) is 0 Å². The van der Waals surface area contributed by atoms with Gasteiger partial charge < -0.3 is 15.2 Å². The Morgan fingerprint density at radius 2 is 1.81 bits per heavy atom. The fraction of sp³-hybridized carbons (Fsp3) is 0.538. The lowest BCUT2D eigenvalue weighted by Crippen LogP contribution is -2.18. The molecule has 1 aromatic rings. The molecule has 0 spiro atoms. The van der Waals surface area contributed by atoms with Crippen molar-refractivity contribution >= 4 is 0 Å². The van der Waals surface area contributed by atoms with Crippen molar-refractivity contribution in [3.05, 3.63) is 23.3 Å². The highest BCUT2D eigenvalue weighted by Crippen LogP contribution is 2.37. The van der Waals surface area contributed by atoms with Gasteiger partial charge >= 0.3 is 0 Å². The highest BCUT2D eigenvalue weighted by Gasteiger charge is 2.18. The fourth-order valence-electron chi connectivity index (χ4n) is 2.06. The van der Waals surface area contributed by atoms with Crippen LogP contribution in [0.1, 0.15) is 37.8 Å². The average molecular weight is 221 g/mol. The molecule has 3 nitrogen and oxygen atoms in total. The monoisotopic (exact) mass is 221 g/mol. The molecule has 1 aliphatic rings. The minimum Gasteiger partial charge on any atom is -0.454 e. The van der Waals surface area contributed by atoms with Crippen LogP contribution in [0.25, 0.3) is 0 Å². The van der Waals surface area contributed by atoms with Crippen molar-refractivity contribution < 1.29 is 9.47 Å². The van der Waals surface area contributed by atoms with Crippen LogP contribution in [0.3, 0.4) is 0 Å². The summed E-state index contributed by atoms with van der Waals surface area (Å²) in [6.07, 6.45) is 0.879. The van der Waals surface area contributed by atoms with Crippen LogP contribution in [0.15, 0.2) is 12.1 Å². The molecule has 0 aliphatic carbocycles. The zero-order valence-corrected chi connectivity index (χ0v) is 10.1. The van der Waals surface area contributed by atoms with Crippen LogP contribution in [0.2, 0.25) is 0 Å². The maximum absolute atomic E-state index is 5.87. The predicted octanol–water partition coefficient (Wildman–Crippen LogP) is 2.43. The van der Waals surface area contributed by atoms with Crippen LogP contribution in [0.5, 0.6) is 11.5 Å². The summed E-state index contributed by atoms with van der Waals surface area (Å²) in [6, 6.07) is 4.32. The molecule has 0 saturated carbocycles. The van der Waals surface area contributed by atoms with Gasteiger partial charge in [0.2, 0.25) is 6.79 Å². The highest BCUT2D eigenvalue weighted by atomic mass is 16.7. The van der Waals surface area contributed by atoms with Crippen molar-refractivity contribution in [2.75, 3.05) is 6.79 Å². The van der Waals surface area contributed by atoms with E-state index in [1.807, 2.05) is 6.92 Å². The Morgan fingerprint density at radius 1 is 1.19 bits per heavy atom. The molecule has 16 heavy (non-hydrogen) atoms. The molecule has 88 valence electrons. The van der Waals surface area contributed by atoms with Gasteiger partial charge in [-0.25, -0.2) is 0 Å². The molecule has 2 N–H and O–H groups in total. The minimum absolute atomic E-state index is 0.165. The number of benzene rings is 1. The number of nitrogens with two attached hydrogens (primary N) is 1. The van der Waals surface area contributed by atoms with Crippen molar-refractivity contribution in [2.24, 2.45) is 5.73 Å². The van der Waals surface area contributed by atoms with Crippen LogP contribution in [-0.2, 0) is 6.42 Å². The maximum atomic E-state index is 5.87. The van der Waals surface area contributed by atoms with Crippen LogP contribution < -0.4 is 15.2 Å². The van der Waals surface area contributed by atoms with Gasteiger partial charge in [-0.2, -0.15) is 0 Å². The second-order valence-electron chi connectivity index (χ2n) is 4.74. The summed E-state index contributed by atoms with van der Waals surface area (Å²) in [5, 5.41) is 0. The number of hydrogen-bond donors (Lipinski definition) is 1. The Morgan fingerprint density at radius 3 is 2.38 bits per heavy atom. The van der Waals surface area contributed by atoms with Crippen molar-refractivity contribution in [3.8, 4) is 11.5 Å². The summed E-state index contributed by atoms with van der Waals surface area (Å²) in [4.78, 5) is 0. The largest absolute Gasteiger partial charge is 0.454 e. The third kappa shape index (κ3) is 2.14. The smallest absolute Gasteiger partial charge is 0.231 e. The first-order valence-electron chi connectivity index (χ1n) is 5.76. The summed E-state index contributed by atoms with van der Waals surface area (Å²) in [5.41, 5.74) is 8.45. The van der Waals surface area contributed by atoms with Crippen molar-refractivity contribution in [1.29, 1.82) is 0 Å². The third-order valence-electron chi connectivity index (χ3n) is 2.80. The quantitative estimate of drug-likeness (QED) is 0.852. The van der Waals surface area contributed by atoms with E-state index in [2.05, 4.69) is 26.0 Å². The molecule has 0 fully saturated rings. The van der Waals surface area contributed by atoms with E-state index in [1.54, 1.807) is 0 Å². The SMILES string of the molecule is CC(N)Cc1cc2c(cc1C(C)C)OCO2. The standard InChI is InChI=1S/C13H19NO2/c1-8(2)11-6-13-12(15-7-16-13)5-10(11)4-9(3)14/h5-6,8-9H,4,7,14H2,1-3H3. The van der Waals surface area contributed by atoms with Crippen LogP contribution in [0, 0.1) is 0 Å². The minimum atomic E-state index is 0.165. The van der Waals surface area contributed by atoms with Gasteiger partial charge in [0.15, 0.2) is 11.5 Å². The zero-order chi connectivity index (χ0) is 11.7. The molecule has 3 heteroatoms. The van der Waals surface area contributed by atoms with Crippen LogP contribution >= 0.6 is 0 Å². The Bertz CT molecular complexity index is 386. The molecule has 2 rings (SSSR count). The van der Waals surface area contributed by atoms with E-state index < -0.39 is 0 Å². The molecule has 0 bridgehead atoms. The van der Waals surface area contributed by atoms with Crippen molar-refractivity contribution in [1.82, 2.24) is 0 Å². The van der Waals surface area contributed by atoms with Gasteiger partial charge in [-0.15, -0.1) is 0 Å². The van der Waals surface area contributed by atoms with Gasteiger partial charge in [0, 0.05) is 6.04 Å². The number of hydrogen-bond acceptors (Lipinski definition) is 3. The summed E-state index contributed by atoms with van der Waals surface area (Å²) in [5.74, 6) is 2.18. The summed E-state index contributed by atoms with van der Waals surface area (Å²) in [7, 11) is 0. The molecule has 1 aromatic carbocycles. The topological polar surface area (TPSA) is 44.5 Å². The lowest BCUT2D eigenvalue weighted by molar-refractivity contribution is 0.174. The number of fused-ring (bicyclic) bond motifs is 1. The first-order chi connectivity index (χ1) is 7.58. The Labute approximate surface area is 96.5 Å². The molecule has 0 radical (unpaired) electrons. The lowest BCUT2D eigenvalue weighted by Gasteiger charge is -2.15. The van der Waals surface area contributed by atoms with Crippen LogP contribution in [0.4, 0.5) is 0 Å². The van der Waals surface area contributed by atoms with E-state index in [0.717, 1.165) is 17.9 Å². The third-order valence-corrected chi connectivity index (χ3v) is 2.80. The molecule has 0 amide bonds. The zero-order valence-electron chi connectivity index (χ0n) is 10.1. The van der Waals surface area contributed by atoms with Crippen molar-refractivity contribution in [2.45, 2.75) is 39.2 Å². The van der Waals surface area contributed by atoms with Gasteiger partial charge in [-0.3, -0.25) is 0 Å². The van der Waals surface area contributed by atoms with E-state index in [-0.39, 0.29) is 6.04 Å². The number of rotatable bonds is 3. The fourth-order valence-corrected chi connectivity index (χ4v) is 2.06. The Balaban J connectivity index is 2.40. The van der Waals surface area contributed by atoms with Gasteiger partial charge in [0.05, 0.1) is 0 Å². The summed E-state index contributed by atoms with van der Waals surface area (Å²) < 4.78 is 10.8. The average Bonchev–Trinajstić information content (AvgIpc) is 2.62. The Hall–Kier alpha value is -1.22. The molecular weight excluding hydrogens is 202 g/mol. The van der Waals surface area contributed by atoms with E-state index in [9.17, 15) is 0 Å². The molecular formula is C13H19NO2. The van der Waals surface area contributed by atoms with Gasteiger partial charge in [-0.05, 0) is 42.5 Å². The second-order valence-corrected chi connectivity index (χ2v) is 4.74. The Kier molecular flexibility index (Phi) is 3.06. The second kappa shape index (κ2) is 4.34. The molecule has 1 heterocycles. The van der Waals surface area contributed by atoms with Crippen LogP contribution in [-0.4, -0.2) is 12.8 Å².